The minimum Gasteiger partial charge on any atom is -0.334 e. The van der Waals surface area contributed by atoms with Gasteiger partial charge in [0.25, 0.3) is 5.91 Å². The Hall–Kier alpha value is -1.06. The molecule has 1 aliphatic heterocycles. The van der Waals surface area contributed by atoms with Gasteiger partial charge in [-0.25, -0.2) is 0 Å². The number of aryl methyl sites for hydroxylation is 2. The summed E-state index contributed by atoms with van der Waals surface area (Å²) in [6.07, 6.45) is 2.10. The summed E-state index contributed by atoms with van der Waals surface area (Å²) < 4.78 is 0. The summed E-state index contributed by atoms with van der Waals surface area (Å²) in [5.74, 6) is 0.126. The lowest BCUT2D eigenvalue weighted by molar-refractivity contribution is 0.0741. The molecule has 2 N–H and O–H groups in total. The molecule has 1 atom stereocenters. The van der Waals surface area contributed by atoms with Crippen molar-refractivity contribution in [3.05, 3.63) is 34.9 Å². The van der Waals surface area contributed by atoms with Crippen molar-refractivity contribution in [2.45, 2.75) is 32.7 Å². The Kier molecular flexibility index (Phi) is 5.17. The van der Waals surface area contributed by atoms with Crippen molar-refractivity contribution in [3.8, 4) is 0 Å². The first kappa shape index (κ1) is 15.0. The van der Waals surface area contributed by atoms with E-state index in [9.17, 15) is 4.79 Å². The molecular formula is C14H21ClN2O. The Morgan fingerprint density at radius 3 is 2.72 bits per heavy atom. The van der Waals surface area contributed by atoms with E-state index in [4.69, 9.17) is 5.73 Å². The van der Waals surface area contributed by atoms with Crippen molar-refractivity contribution in [1.82, 2.24) is 4.90 Å². The summed E-state index contributed by atoms with van der Waals surface area (Å²) in [6, 6.07) is 6.13. The van der Waals surface area contributed by atoms with Gasteiger partial charge in [-0.1, -0.05) is 6.07 Å². The van der Waals surface area contributed by atoms with E-state index in [1.165, 1.54) is 11.1 Å². The number of benzene rings is 1. The highest BCUT2D eigenvalue weighted by Gasteiger charge is 2.28. The van der Waals surface area contributed by atoms with E-state index in [-0.39, 0.29) is 24.4 Å². The monoisotopic (exact) mass is 268 g/mol. The van der Waals surface area contributed by atoms with Crippen LogP contribution in [0.3, 0.4) is 0 Å². The molecule has 1 heterocycles. The van der Waals surface area contributed by atoms with E-state index in [2.05, 4.69) is 6.92 Å². The number of carbonyl (C=O) groups excluding carboxylic acids is 1. The van der Waals surface area contributed by atoms with Crippen LogP contribution in [0, 0.1) is 13.8 Å². The van der Waals surface area contributed by atoms with Gasteiger partial charge >= 0.3 is 0 Å². The number of hydrogen-bond acceptors (Lipinski definition) is 2. The van der Waals surface area contributed by atoms with E-state index in [0.717, 1.165) is 24.9 Å². The smallest absolute Gasteiger partial charge is 0.254 e. The predicted octanol–water partition coefficient (Wildman–Crippen LogP) is 2.29. The van der Waals surface area contributed by atoms with E-state index in [1.54, 1.807) is 0 Å². The van der Waals surface area contributed by atoms with Crippen molar-refractivity contribution in [3.63, 3.8) is 0 Å². The topological polar surface area (TPSA) is 46.3 Å². The average Bonchev–Trinajstić information content (AvgIpc) is 2.80. The lowest BCUT2D eigenvalue weighted by Gasteiger charge is -2.23. The molecule has 100 valence electrons. The largest absolute Gasteiger partial charge is 0.334 e. The molecule has 0 spiro atoms. The molecule has 4 heteroatoms. The average molecular weight is 269 g/mol. The molecule has 18 heavy (non-hydrogen) atoms. The molecule has 0 aliphatic carbocycles. The number of carbonyl (C=O) groups is 1. The molecule has 0 aromatic heterocycles. The Bertz CT molecular complexity index is 434. The van der Waals surface area contributed by atoms with E-state index < -0.39 is 0 Å². The second-order valence-corrected chi connectivity index (χ2v) is 4.83. The number of hydrogen-bond donors (Lipinski definition) is 1. The zero-order chi connectivity index (χ0) is 12.4. The van der Waals surface area contributed by atoms with Crippen LogP contribution in [0.1, 0.15) is 34.3 Å². The fraction of sp³-hybridized carbons (Fsp3) is 0.500. The number of likely N-dealkylation sites (tertiary alicyclic amines) is 1. The number of nitrogens with two attached hydrogens (primary N) is 1. The van der Waals surface area contributed by atoms with Crippen LogP contribution in [0.15, 0.2) is 18.2 Å². The third kappa shape index (κ3) is 2.85. The third-order valence-electron chi connectivity index (χ3n) is 3.66. The highest BCUT2D eigenvalue weighted by atomic mass is 35.5. The summed E-state index contributed by atoms with van der Waals surface area (Å²) >= 11 is 0. The number of amides is 1. The van der Waals surface area contributed by atoms with Crippen LogP contribution in [0.2, 0.25) is 0 Å². The van der Waals surface area contributed by atoms with Crippen molar-refractivity contribution >= 4 is 18.3 Å². The summed E-state index contributed by atoms with van der Waals surface area (Å²) in [4.78, 5) is 14.3. The fourth-order valence-corrected chi connectivity index (χ4v) is 2.39. The van der Waals surface area contributed by atoms with Crippen LogP contribution in [-0.2, 0) is 0 Å². The quantitative estimate of drug-likeness (QED) is 0.895. The summed E-state index contributed by atoms with van der Waals surface area (Å²) in [5.41, 5.74) is 8.87. The molecule has 1 aromatic carbocycles. The maximum atomic E-state index is 12.4. The highest BCUT2D eigenvalue weighted by molar-refractivity contribution is 5.94. The van der Waals surface area contributed by atoms with Crippen LogP contribution in [0.5, 0.6) is 0 Å². The molecule has 2 rings (SSSR count). The minimum absolute atomic E-state index is 0. The summed E-state index contributed by atoms with van der Waals surface area (Å²) in [5, 5.41) is 0. The van der Waals surface area contributed by atoms with Gasteiger partial charge in [-0.05, 0) is 49.9 Å². The lowest BCUT2D eigenvalue weighted by Crippen LogP contribution is -2.39. The predicted molar refractivity (Wildman–Crippen MR) is 76.3 cm³/mol. The van der Waals surface area contributed by atoms with Crippen molar-refractivity contribution in [2.75, 3.05) is 13.1 Å². The second-order valence-electron chi connectivity index (χ2n) is 4.83. The third-order valence-corrected chi connectivity index (χ3v) is 3.66. The molecule has 1 saturated heterocycles. The standard InChI is InChI=1S/C14H20N2O.ClH/c1-10-5-6-12(8-11(10)2)14(17)16-7-3-4-13(16)9-15;/h5-6,8,13H,3-4,7,9,15H2,1-2H3;1H. The zero-order valence-corrected chi connectivity index (χ0v) is 11.8. The molecule has 1 aromatic rings. The van der Waals surface area contributed by atoms with Crippen LogP contribution in [0.25, 0.3) is 0 Å². The fourth-order valence-electron chi connectivity index (χ4n) is 2.39. The van der Waals surface area contributed by atoms with Gasteiger partial charge in [0.1, 0.15) is 0 Å². The Morgan fingerprint density at radius 2 is 2.11 bits per heavy atom. The first-order valence-electron chi connectivity index (χ1n) is 6.21. The highest BCUT2D eigenvalue weighted by Crippen LogP contribution is 2.20. The molecule has 0 bridgehead atoms. The van der Waals surface area contributed by atoms with Gasteiger partial charge in [-0.3, -0.25) is 4.79 Å². The number of rotatable bonds is 2. The van der Waals surface area contributed by atoms with Crippen molar-refractivity contribution < 1.29 is 4.79 Å². The van der Waals surface area contributed by atoms with Crippen LogP contribution < -0.4 is 5.73 Å². The van der Waals surface area contributed by atoms with Crippen LogP contribution in [-0.4, -0.2) is 29.9 Å². The van der Waals surface area contributed by atoms with Crippen LogP contribution in [0.4, 0.5) is 0 Å². The molecule has 3 nitrogen and oxygen atoms in total. The van der Waals surface area contributed by atoms with Crippen LogP contribution >= 0.6 is 12.4 Å². The molecule has 1 fully saturated rings. The van der Waals surface area contributed by atoms with E-state index in [1.807, 2.05) is 30.0 Å². The summed E-state index contributed by atoms with van der Waals surface area (Å²) in [6.45, 7) is 5.50. The Morgan fingerprint density at radius 1 is 1.39 bits per heavy atom. The molecule has 1 amide bonds. The van der Waals surface area contributed by atoms with Crippen molar-refractivity contribution in [1.29, 1.82) is 0 Å². The van der Waals surface area contributed by atoms with Gasteiger partial charge in [0.2, 0.25) is 0 Å². The Labute approximate surface area is 115 Å². The normalized spacial score (nSPS) is 18.6. The molecule has 0 radical (unpaired) electrons. The molecule has 1 aliphatic rings. The zero-order valence-electron chi connectivity index (χ0n) is 11.0. The van der Waals surface area contributed by atoms with Gasteiger partial charge < -0.3 is 10.6 Å². The number of halogens is 1. The van der Waals surface area contributed by atoms with Gasteiger partial charge in [0, 0.05) is 24.7 Å². The molecule has 1 unspecified atom stereocenters. The second kappa shape index (κ2) is 6.21. The molecule has 0 saturated carbocycles. The van der Waals surface area contributed by atoms with E-state index >= 15 is 0 Å². The SMILES string of the molecule is Cc1ccc(C(=O)N2CCCC2CN)cc1C.Cl. The maximum absolute atomic E-state index is 12.4. The van der Waals surface area contributed by atoms with Gasteiger partial charge in [0.15, 0.2) is 0 Å². The van der Waals surface area contributed by atoms with Gasteiger partial charge in [-0.2, -0.15) is 0 Å². The minimum atomic E-state index is 0. The van der Waals surface area contributed by atoms with Crippen molar-refractivity contribution in [2.24, 2.45) is 5.73 Å². The van der Waals surface area contributed by atoms with Gasteiger partial charge in [-0.15, -0.1) is 12.4 Å². The maximum Gasteiger partial charge on any atom is 0.254 e. The Balaban J connectivity index is 0.00000162. The first-order valence-corrected chi connectivity index (χ1v) is 6.21. The molecular weight excluding hydrogens is 248 g/mol. The first-order chi connectivity index (χ1) is 8.13. The summed E-state index contributed by atoms with van der Waals surface area (Å²) in [7, 11) is 0. The van der Waals surface area contributed by atoms with E-state index in [0.29, 0.717) is 6.54 Å². The van der Waals surface area contributed by atoms with Gasteiger partial charge in [0.05, 0.1) is 0 Å². The lowest BCUT2D eigenvalue weighted by atomic mass is 10.1. The number of nitrogens with zero attached hydrogens (tertiary/aromatic N) is 1.